The molecular formula is C16H28IN3O. The van der Waals surface area contributed by atoms with E-state index in [4.69, 9.17) is 4.74 Å². The molecule has 1 aromatic carbocycles. The van der Waals surface area contributed by atoms with Crippen LogP contribution in [0.5, 0.6) is 0 Å². The molecule has 0 aromatic heterocycles. The van der Waals surface area contributed by atoms with Gasteiger partial charge >= 0.3 is 0 Å². The Morgan fingerprint density at radius 3 is 2.57 bits per heavy atom. The first-order valence-corrected chi connectivity index (χ1v) is 7.34. The molecule has 0 heterocycles. The van der Waals surface area contributed by atoms with E-state index in [1.165, 1.54) is 5.56 Å². The van der Waals surface area contributed by atoms with Crippen LogP contribution in [0, 0.1) is 0 Å². The van der Waals surface area contributed by atoms with E-state index in [1.807, 2.05) is 0 Å². The largest absolute Gasteiger partial charge is 0.383 e. The van der Waals surface area contributed by atoms with Gasteiger partial charge in [0.15, 0.2) is 5.96 Å². The van der Waals surface area contributed by atoms with Gasteiger partial charge in [-0.25, -0.2) is 0 Å². The van der Waals surface area contributed by atoms with Gasteiger partial charge in [0.2, 0.25) is 0 Å². The molecule has 0 aliphatic rings. The molecule has 21 heavy (non-hydrogen) atoms. The van der Waals surface area contributed by atoms with E-state index in [0.717, 1.165) is 32.0 Å². The van der Waals surface area contributed by atoms with E-state index < -0.39 is 0 Å². The Kier molecular flexibility index (Phi) is 12.4. The van der Waals surface area contributed by atoms with Crippen molar-refractivity contribution >= 4 is 29.9 Å². The molecule has 0 radical (unpaired) electrons. The minimum Gasteiger partial charge on any atom is -0.383 e. The van der Waals surface area contributed by atoms with Crippen molar-refractivity contribution in [2.75, 3.05) is 33.4 Å². The molecule has 1 atom stereocenters. The van der Waals surface area contributed by atoms with Crippen molar-refractivity contribution in [2.45, 2.75) is 26.2 Å². The Hall–Kier alpha value is -0.820. The van der Waals surface area contributed by atoms with Gasteiger partial charge in [0, 0.05) is 26.7 Å². The van der Waals surface area contributed by atoms with Gasteiger partial charge < -0.3 is 15.4 Å². The molecule has 0 saturated heterocycles. The number of ether oxygens (including phenoxy) is 1. The molecule has 1 rings (SSSR count). The van der Waals surface area contributed by atoms with Gasteiger partial charge in [-0.2, -0.15) is 0 Å². The zero-order chi connectivity index (χ0) is 14.6. The SMILES string of the molecule is CCNC(=NCCC(C)c1ccccc1)NCCOC.I. The van der Waals surface area contributed by atoms with Crippen LogP contribution in [0.4, 0.5) is 0 Å². The predicted octanol–water partition coefficient (Wildman–Crippen LogP) is 3.00. The molecule has 5 heteroatoms. The normalized spacial score (nSPS) is 12.4. The van der Waals surface area contributed by atoms with Crippen LogP contribution in [0.2, 0.25) is 0 Å². The molecule has 0 spiro atoms. The van der Waals surface area contributed by atoms with Crippen molar-refractivity contribution in [3.05, 3.63) is 35.9 Å². The fraction of sp³-hybridized carbons (Fsp3) is 0.562. The lowest BCUT2D eigenvalue weighted by molar-refractivity contribution is 0.203. The zero-order valence-corrected chi connectivity index (χ0v) is 15.6. The number of rotatable bonds is 8. The van der Waals surface area contributed by atoms with Crippen LogP contribution in [0.25, 0.3) is 0 Å². The standard InChI is InChI=1S/C16H27N3O.HI/c1-4-17-16(19-12-13-20-3)18-11-10-14(2)15-8-6-5-7-9-15;/h5-9,14H,4,10-13H2,1-3H3,(H2,17,18,19);1H. The number of nitrogens with zero attached hydrogens (tertiary/aromatic N) is 1. The first-order chi connectivity index (χ1) is 9.77. The van der Waals surface area contributed by atoms with Gasteiger partial charge in [-0.3, -0.25) is 4.99 Å². The van der Waals surface area contributed by atoms with Crippen LogP contribution in [-0.4, -0.2) is 39.3 Å². The third kappa shape index (κ3) is 8.93. The summed E-state index contributed by atoms with van der Waals surface area (Å²) in [6, 6.07) is 10.6. The van der Waals surface area contributed by atoms with E-state index in [2.05, 4.69) is 59.8 Å². The fourth-order valence-corrected chi connectivity index (χ4v) is 1.93. The van der Waals surface area contributed by atoms with E-state index in [0.29, 0.717) is 12.5 Å². The minimum atomic E-state index is 0. The lowest BCUT2D eigenvalue weighted by Crippen LogP contribution is -2.39. The number of aliphatic imine (C=N–C) groups is 1. The Bertz CT molecular complexity index is 384. The summed E-state index contributed by atoms with van der Waals surface area (Å²) in [5, 5.41) is 6.49. The lowest BCUT2D eigenvalue weighted by atomic mass is 9.98. The molecule has 120 valence electrons. The summed E-state index contributed by atoms with van der Waals surface area (Å²) in [6.07, 6.45) is 1.05. The molecule has 0 saturated carbocycles. The molecule has 1 aromatic rings. The highest BCUT2D eigenvalue weighted by Crippen LogP contribution is 2.17. The lowest BCUT2D eigenvalue weighted by Gasteiger charge is -2.13. The summed E-state index contributed by atoms with van der Waals surface area (Å²) in [4.78, 5) is 4.59. The average molecular weight is 405 g/mol. The number of halogens is 1. The number of guanidine groups is 1. The van der Waals surface area contributed by atoms with Crippen molar-refractivity contribution in [3.63, 3.8) is 0 Å². The maximum atomic E-state index is 5.03. The molecule has 0 aliphatic heterocycles. The summed E-state index contributed by atoms with van der Waals surface area (Å²) >= 11 is 0. The third-order valence-electron chi connectivity index (χ3n) is 3.14. The number of benzene rings is 1. The van der Waals surface area contributed by atoms with E-state index in [1.54, 1.807) is 7.11 Å². The maximum absolute atomic E-state index is 5.03. The third-order valence-corrected chi connectivity index (χ3v) is 3.14. The highest BCUT2D eigenvalue weighted by Gasteiger charge is 2.04. The smallest absolute Gasteiger partial charge is 0.191 e. The van der Waals surface area contributed by atoms with Gasteiger partial charge in [-0.05, 0) is 24.8 Å². The monoisotopic (exact) mass is 405 g/mol. The van der Waals surface area contributed by atoms with E-state index in [-0.39, 0.29) is 24.0 Å². The number of hydrogen-bond acceptors (Lipinski definition) is 2. The average Bonchev–Trinajstić information content (AvgIpc) is 2.48. The summed E-state index contributed by atoms with van der Waals surface area (Å²) in [5.41, 5.74) is 1.38. The second kappa shape index (κ2) is 12.9. The summed E-state index contributed by atoms with van der Waals surface area (Å²) in [5.74, 6) is 1.40. The van der Waals surface area contributed by atoms with Gasteiger partial charge in [0.25, 0.3) is 0 Å². The first kappa shape index (κ1) is 20.2. The highest BCUT2D eigenvalue weighted by molar-refractivity contribution is 14.0. The summed E-state index contributed by atoms with van der Waals surface area (Å²) < 4.78 is 5.03. The molecule has 0 fully saturated rings. The van der Waals surface area contributed by atoms with Crippen LogP contribution in [0.1, 0.15) is 31.7 Å². The zero-order valence-electron chi connectivity index (χ0n) is 13.3. The molecule has 0 amide bonds. The van der Waals surface area contributed by atoms with Gasteiger partial charge in [0.1, 0.15) is 0 Å². The number of hydrogen-bond donors (Lipinski definition) is 2. The second-order valence-corrected chi connectivity index (χ2v) is 4.78. The Morgan fingerprint density at radius 2 is 1.95 bits per heavy atom. The topological polar surface area (TPSA) is 45.7 Å². The van der Waals surface area contributed by atoms with Crippen LogP contribution in [0.3, 0.4) is 0 Å². The van der Waals surface area contributed by atoms with E-state index in [9.17, 15) is 0 Å². The Labute approximate surface area is 145 Å². The quantitative estimate of drug-likeness (QED) is 0.303. The molecule has 0 bridgehead atoms. The number of methoxy groups -OCH3 is 1. The van der Waals surface area contributed by atoms with Crippen molar-refractivity contribution in [1.82, 2.24) is 10.6 Å². The number of nitrogens with one attached hydrogen (secondary N) is 2. The van der Waals surface area contributed by atoms with Gasteiger partial charge in [-0.1, -0.05) is 37.3 Å². The van der Waals surface area contributed by atoms with Gasteiger partial charge in [-0.15, -0.1) is 24.0 Å². The van der Waals surface area contributed by atoms with Crippen LogP contribution in [-0.2, 0) is 4.74 Å². The summed E-state index contributed by atoms with van der Waals surface area (Å²) in [6.45, 7) is 7.46. The second-order valence-electron chi connectivity index (χ2n) is 4.78. The van der Waals surface area contributed by atoms with Crippen molar-refractivity contribution < 1.29 is 4.74 Å². The molecule has 0 aliphatic carbocycles. The van der Waals surface area contributed by atoms with Crippen LogP contribution < -0.4 is 10.6 Å². The highest BCUT2D eigenvalue weighted by atomic mass is 127. The van der Waals surface area contributed by atoms with Crippen molar-refractivity contribution in [2.24, 2.45) is 4.99 Å². The minimum absolute atomic E-state index is 0. The molecule has 4 nitrogen and oxygen atoms in total. The first-order valence-electron chi connectivity index (χ1n) is 7.34. The van der Waals surface area contributed by atoms with Crippen LogP contribution >= 0.6 is 24.0 Å². The Morgan fingerprint density at radius 1 is 1.24 bits per heavy atom. The van der Waals surface area contributed by atoms with Gasteiger partial charge in [0.05, 0.1) is 6.61 Å². The fourth-order valence-electron chi connectivity index (χ4n) is 1.93. The predicted molar refractivity (Wildman–Crippen MR) is 101 cm³/mol. The van der Waals surface area contributed by atoms with Crippen molar-refractivity contribution in [1.29, 1.82) is 0 Å². The van der Waals surface area contributed by atoms with E-state index >= 15 is 0 Å². The summed E-state index contributed by atoms with van der Waals surface area (Å²) in [7, 11) is 1.70. The van der Waals surface area contributed by atoms with Crippen LogP contribution in [0.15, 0.2) is 35.3 Å². The Balaban J connectivity index is 0.00000400. The molecule has 2 N–H and O–H groups in total. The molecule has 1 unspecified atom stereocenters. The molecular weight excluding hydrogens is 377 g/mol. The maximum Gasteiger partial charge on any atom is 0.191 e. The van der Waals surface area contributed by atoms with Crippen molar-refractivity contribution in [3.8, 4) is 0 Å².